The first-order chi connectivity index (χ1) is 28.3. The molecule has 3 heterocycles. The lowest BCUT2D eigenvalue weighted by atomic mass is 9.99. The maximum Gasteiger partial charge on any atom is 0.160 e. The molecular weight excluding hydrogens is 693 g/mol. The van der Waals surface area contributed by atoms with Crippen LogP contribution >= 0.6 is 0 Å². The normalized spacial score (nSPS) is 11.5. The molecule has 266 valence electrons. The molecule has 0 saturated carbocycles. The number of rotatable bonds is 6. The van der Waals surface area contributed by atoms with Crippen molar-refractivity contribution in [2.24, 2.45) is 0 Å². The topological polar surface area (TPSA) is 43.6 Å². The summed E-state index contributed by atoms with van der Waals surface area (Å²) in [6, 6.07) is 72.5. The molecule has 0 aliphatic rings. The fraction of sp³-hybridized carbons (Fsp3) is 0. The zero-order valence-electron chi connectivity index (χ0n) is 30.9. The Morgan fingerprint density at radius 1 is 0.351 bits per heavy atom. The monoisotopic (exact) mass is 726 g/mol. The third kappa shape index (κ3) is 5.66. The van der Waals surface area contributed by atoms with Gasteiger partial charge in [0.25, 0.3) is 0 Å². The minimum absolute atomic E-state index is 0.695. The average Bonchev–Trinajstić information content (AvgIpc) is 3.65. The lowest BCUT2D eigenvalue weighted by Crippen LogP contribution is -1.98. The summed E-state index contributed by atoms with van der Waals surface area (Å²) in [6.45, 7) is 0. The Balaban J connectivity index is 1.10. The zero-order valence-corrected chi connectivity index (χ0v) is 30.9. The molecule has 0 saturated heterocycles. The maximum absolute atomic E-state index is 5.39. The highest BCUT2D eigenvalue weighted by atomic mass is 15.0. The molecule has 11 rings (SSSR count). The smallest absolute Gasteiger partial charge is 0.160 e. The molecule has 4 nitrogen and oxygen atoms in total. The van der Waals surface area contributed by atoms with Gasteiger partial charge in [0.15, 0.2) is 5.82 Å². The lowest BCUT2D eigenvalue weighted by molar-refractivity contribution is 1.17. The molecule has 0 bridgehead atoms. The van der Waals surface area contributed by atoms with Gasteiger partial charge in [0.1, 0.15) is 0 Å². The van der Waals surface area contributed by atoms with Crippen LogP contribution in [0.1, 0.15) is 0 Å². The molecule has 0 fully saturated rings. The first kappa shape index (κ1) is 32.7. The maximum atomic E-state index is 5.39. The van der Waals surface area contributed by atoms with Crippen LogP contribution in [-0.4, -0.2) is 19.5 Å². The standard InChI is InChI=1S/C53H34N4/c1-4-14-35(15-5-1)36-24-26-38(27-25-36)46-34-47(56-53(55-46)41-19-8-3-9-20-41)39-28-31-42(32-29-39)57-48-23-13-12-22-44(48)50-51(40-17-6-2-7-18-40)54-45-33-30-37-16-10-11-21-43(37)49(45)52(50)57/h1-34H. The number of nitrogens with zero attached hydrogens (tertiary/aromatic N) is 4. The van der Waals surface area contributed by atoms with Crippen LogP contribution in [0.2, 0.25) is 0 Å². The molecular formula is C53H34N4. The molecule has 4 heteroatoms. The minimum Gasteiger partial charge on any atom is -0.308 e. The number of pyridine rings is 1. The molecule has 0 atom stereocenters. The third-order valence-electron chi connectivity index (χ3n) is 11.0. The molecule has 0 radical (unpaired) electrons. The van der Waals surface area contributed by atoms with Crippen LogP contribution in [0.4, 0.5) is 0 Å². The summed E-state index contributed by atoms with van der Waals surface area (Å²) in [5, 5.41) is 5.84. The van der Waals surface area contributed by atoms with E-state index >= 15 is 0 Å². The average molecular weight is 727 g/mol. The van der Waals surface area contributed by atoms with Gasteiger partial charge in [0.2, 0.25) is 0 Å². The van der Waals surface area contributed by atoms with Crippen molar-refractivity contribution < 1.29 is 0 Å². The second kappa shape index (κ2) is 13.6. The Labute approximate surface area is 330 Å². The molecule has 0 spiro atoms. The molecule has 3 aromatic heterocycles. The highest BCUT2D eigenvalue weighted by Gasteiger charge is 2.22. The summed E-state index contributed by atoms with van der Waals surface area (Å²) >= 11 is 0. The van der Waals surface area contributed by atoms with Gasteiger partial charge in [-0.25, -0.2) is 15.0 Å². The number of para-hydroxylation sites is 1. The lowest BCUT2D eigenvalue weighted by Gasteiger charge is -2.14. The van der Waals surface area contributed by atoms with Gasteiger partial charge in [-0.1, -0.05) is 176 Å². The van der Waals surface area contributed by atoms with Crippen molar-refractivity contribution in [3.63, 3.8) is 0 Å². The number of fused-ring (bicyclic) bond motifs is 7. The molecule has 0 aliphatic carbocycles. The summed E-state index contributed by atoms with van der Waals surface area (Å²) in [5.41, 5.74) is 13.5. The van der Waals surface area contributed by atoms with E-state index in [0.29, 0.717) is 5.82 Å². The van der Waals surface area contributed by atoms with Gasteiger partial charge in [0.05, 0.1) is 33.6 Å². The van der Waals surface area contributed by atoms with E-state index in [0.717, 1.165) is 72.3 Å². The van der Waals surface area contributed by atoms with E-state index < -0.39 is 0 Å². The SMILES string of the molecule is c1ccc(-c2ccc(-c3cc(-c4ccc(-n5c6ccccc6c6c(-c7ccccc7)nc7ccc8ccccc8c7c65)cc4)nc(-c4ccccc4)n3)cc2)cc1. The van der Waals surface area contributed by atoms with Gasteiger partial charge in [-0.3, -0.25) is 0 Å². The van der Waals surface area contributed by atoms with Crippen LogP contribution in [-0.2, 0) is 0 Å². The summed E-state index contributed by atoms with van der Waals surface area (Å²) in [4.78, 5) is 15.6. The summed E-state index contributed by atoms with van der Waals surface area (Å²) in [5.74, 6) is 0.695. The van der Waals surface area contributed by atoms with E-state index in [9.17, 15) is 0 Å². The second-order valence-electron chi connectivity index (χ2n) is 14.4. The molecule has 57 heavy (non-hydrogen) atoms. The van der Waals surface area contributed by atoms with Crippen molar-refractivity contribution in [1.82, 2.24) is 19.5 Å². The molecule has 0 N–H and O–H groups in total. The van der Waals surface area contributed by atoms with Crippen molar-refractivity contribution >= 4 is 43.5 Å². The van der Waals surface area contributed by atoms with E-state index in [1.807, 2.05) is 24.3 Å². The second-order valence-corrected chi connectivity index (χ2v) is 14.4. The van der Waals surface area contributed by atoms with Gasteiger partial charge in [0, 0.05) is 44.1 Å². The van der Waals surface area contributed by atoms with Crippen LogP contribution in [0, 0.1) is 0 Å². The molecule has 0 aliphatic heterocycles. The van der Waals surface area contributed by atoms with Crippen LogP contribution in [0.3, 0.4) is 0 Å². The predicted octanol–water partition coefficient (Wildman–Crippen LogP) is 13.6. The number of aromatic nitrogens is 4. The van der Waals surface area contributed by atoms with E-state index in [2.05, 4.69) is 187 Å². The van der Waals surface area contributed by atoms with Crippen molar-refractivity contribution in [3.8, 4) is 62.0 Å². The van der Waals surface area contributed by atoms with E-state index in [1.165, 1.54) is 27.3 Å². The van der Waals surface area contributed by atoms with Gasteiger partial charge in [-0.2, -0.15) is 0 Å². The Morgan fingerprint density at radius 3 is 1.56 bits per heavy atom. The van der Waals surface area contributed by atoms with Crippen LogP contribution in [0.15, 0.2) is 206 Å². The van der Waals surface area contributed by atoms with Crippen LogP contribution < -0.4 is 0 Å². The van der Waals surface area contributed by atoms with Crippen molar-refractivity contribution in [2.75, 3.05) is 0 Å². The fourth-order valence-electron chi connectivity index (χ4n) is 8.27. The highest BCUT2D eigenvalue weighted by Crippen LogP contribution is 2.43. The number of hydrogen-bond donors (Lipinski definition) is 0. The highest BCUT2D eigenvalue weighted by molar-refractivity contribution is 6.27. The van der Waals surface area contributed by atoms with Crippen molar-refractivity contribution in [2.45, 2.75) is 0 Å². The summed E-state index contributed by atoms with van der Waals surface area (Å²) in [6.07, 6.45) is 0. The van der Waals surface area contributed by atoms with Gasteiger partial charge >= 0.3 is 0 Å². The molecule has 11 aromatic rings. The first-order valence-electron chi connectivity index (χ1n) is 19.3. The predicted molar refractivity (Wildman–Crippen MR) is 236 cm³/mol. The summed E-state index contributed by atoms with van der Waals surface area (Å²) in [7, 11) is 0. The van der Waals surface area contributed by atoms with Gasteiger partial charge in [-0.15, -0.1) is 0 Å². The number of hydrogen-bond acceptors (Lipinski definition) is 3. The van der Waals surface area contributed by atoms with E-state index in [4.69, 9.17) is 15.0 Å². The molecule has 8 aromatic carbocycles. The van der Waals surface area contributed by atoms with Gasteiger partial charge in [-0.05, 0) is 52.2 Å². The van der Waals surface area contributed by atoms with Crippen molar-refractivity contribution in [3.05, 3.63) is 206 Å². The Hall–Kier alpha value is -7.69. The Morgan fingerprint density at radius 2 is 0.877 bits per heavy atom. The van der Waals surface area contributed by atoms with Gasteiger partial charge < -0.3 is 4.57 Å². The zero-order chi connectivity index (χ0) is 37.7. The Bertz CT molecular complexity index is 3240. The van der Waals surface area contributed by atoms with E-state index in [1.54, 1.807) is 0 Å². The molecule has 0 amide bonds. The summed E-state index contributed by atoms with van der Waals surface area (Å²) < 4.78 is 2.42. The largest absolute Gasteiger partial charge is 0.308 e. The number of benzene rings is 8. The van der Waals surface area contributed by atoms with Crippen LogP contribution in [0.25, 0.3) is 105 Å². The Kier molecular flexibility index (Phi) is 7.78. The first-order valence-corrected chi connectivity index (χ1v) is 19.3. The third-order valence-corrected chi connectivity index (χ3v) is 11.0. The fourth-order valence-corrected chi connectivity index (χ4v) is 8.27. The van der Waals surface area contributed by atoms with E-state index in [-0.39, 0.29) is 0 Å². The minimum atomic E-state index is 0.695. The molecule has 0 unspecified atom stereocenters. The quantitative estimate of drug-likeness (QED) is 0.160. The van der Waals surface area contributed by atoms with Crippen LogP contribution in [0.5, 0.6) is 0 Å². The van der Waals surface area contributed by atoms with Crippen molar-refractivity contribution in [1.29, 1.82) is 0 Å².